The van der Waals surface area contributed by atoms with Crippen LogP contribution in [0.4, 0.5) is 0 Å². The zero-order chi connectivity index (χ0) is 23.9. The number of rotatable bonds is 5. The highest BCUT2D eigenvalue weighted by Gasteiger charge is 2.43. The van der Waals surface area contributed by atoms with Crippen LogP contribution in [0.25, 0.3) is 22.2 Å². The van der Waals surface area contributed by atoms with Crippen molar-refractivity contribution in [1.29, 1.82) is 0 Å². The summed E-state index contributed by atoms with van der Waals surface area (Å²) in [6, 6.07) is 22.4. The van der Waals surface area contributed by atoms with E-state index in [2.05, 4.69) is 34.1 Å². The van der Waals surface area contributed by atoms with Crippen molar-refractivity contribution in [2.75, 3.05) is 14.2 Å². The fraction of sp³-hybridized carbons (Fsp3) is 0.300. The van der Waals surface area contributed by atoms with Gasteiger partial charge in [0, 0.05) is 33.6 Å². The van der Waals surface area contributed by atoms with Gasteiger partial charge in [0.2, 0.25) is 0 Å². The third-order valence-corrected chi connectivity index (χ3v) is 7.66. The molecule has 1 amide bonds. The largest absolute Gasteiger partial charge is 0.497 e. The van der Waals surface area contributed by atoms with Crippen molar-refractivity contribution < 1.29 is 14.3 Å². The van der Waals surface area contributed by atoms with Gasteiger partial charge in [0.1, 0.15) is 11.5 Å². The number of methoxy groups -OCH3 is 2. The molecule has 0 spiro atoms. The Morgan fingerprint density at radius 3 is 2.43 bits per heavy atom. The zero-order valence-electron chi connectivity index (χ0n) is 20.2. The average Bonchev–Trinajstić information content (AvgIpc) is 3.43. The van der Waals surface area contributed by atoms with Crippen molar-refractivity contribution >= 4 is 16.8 Å². The fourth-order valence-electron chi connectivity index (χ4n) is 6.04. The molecule has 3 aromatic carbocycles. The number of aromatic amines is 1. The first-order valence-corrected chi connectivity index (χ1v) is 12.5. The second kappa shape index (κ2) is 8.81. The van der Waals surface area contributed by atoms with Crippen LogP contribution in [0, 0.1) is 0 Å². The highest BCUT2D eigenvalue weighted by atomic mass is 16.5. The van der Waals surface area contributed by atoms with E-state index in [1.807, 2.05) is 42.5 Å². The van der Waals surface area contributed by atoms with Crippen molar-refractivity contribution in [3.8, 4) is 22.8 Å². The molecule has 1 fully saturated rings. The first kappa shape index (κ1) is 21.8. The molecule has 5 nitrogen and oxygen atoms in total. The SMILES string of the molecule is COc1ccc(OC)c(-c2[nH]c3ccccc3c2[C@@H]2c3ccccc3C(=O)N2C2CCCCC2)c1. The summed E-state index contributed by atoms with van der Waals surface area (Å²) in [5.74, 6) is 1.67. The number of carbonyl (C=O) groups is 1. The topological polar surface area (TPSA) is 54.6 Å². The summed E-state index contributed by atoms with van der Waals surface area (Å²) in [5.41, 5.74) is 5.96. The van der Waals surface area contributed by atoms with Gasteiger partial charge in [-0.2, -0.15) is 0 Å². The van der Waals surface area contributed by atoms with Gasteiger partial charge in [0.25, 0.3) is 5.91 Å². The molecule has 2 heterocycles. The quantitative estimate of drug-likeness (QED) is 0.355. The number of benzene rings is 3. The second-order valence-electron chi connectivity index (χ2n) is 9.52. The molecule has 0 unspecified atom stereocenters. The predicted octanol–water partition coefficient (Wildman–Crippen LogP) is 6.73. The Morgan fingerprint density at radius 1 is 0.857 bits per heavy atom. The van der Waals surface area contributed by atoms with Crippen LogP contribution in [0.15, 0.2) is 66.7 Å². The lowest BCUT2D eigenvalue weighted by atomic mass is 9.89. The average molecular weight is 467 g/mol. The molecule has 5 heteroatoms. The van der Waals surface area contributed by atoms with E-state index in [4.69, 9.17) is 9.47 Å². The zero-order valence-corrected chi connectivity index (χ0v) is 20.2. The van der Waals surface area contributed by atoms with E-state index in [0.717, 1.165) is 63.2 Å². The van der Waals surface area contributed by atoms with Crippen LogP contribution < -0.4 is 9.47 Å². The van der Waals surface area contributed by atoms with Gasteiger partial charge in [0.15, 0.2) is 0 Å². The molecule has 0 bridgehead atoms. The number of carbonyl (C=O) groups excluding carboxylic acids is 1. The van der Waals surface area contributed by atoms with Crippen LogP contribution in [0.5, 0.6) is 11.5 Å². The fourth-order valence-corrected chi connectivity index (χ4v) is 6.04. The van der Waals surface area contributed by atoms with Gasteiger partial charge in [-0.3, -0.25) is 4.79 Å². The Morgan fingerprint density at radius 2 is 1.63 bits per heavy atom. The molecule has 0 radical (unpaired) electrons. The molecule has 1 aliphatic heterocycles. The second-order valence-corrected chi connectivity index (χ2v) is 9.52. The van der Waals surface area contributed by atoms with Crippen LogP contribution in [0.2, 0.25) is 0 Å². The molecule has 2 aliphatic rings. The molecular formula is C30H30N2O3. The van der Waals surface area contributed by atoms with Gasteiger partial charge in [-0.1, -0.05) is 55.7 Å². The number of hydrogen-bond acceptors (Lipinski definition) is 3. The van der Waals surface area contributed by atoms with E-state index in [1.54, 1.807) is 14.2 Å². The van der Waals surface area contributed by atoms with E-state index >= 15 is 0 Å². The van der Waals surface area contributed by atoms with E-state index in [1.165, 1.54) is 19.3 Å². The third-order valence-electron chi connectivity index (χ3n) is 7.66. The maximum Gasteiger partial charge on any atom is 0.255 e. The van der Waals surface area contributed by atoms with Gasteiger partial charge < -0.3 is 19.4 Å². The minimum Gasteiger partial charge on any atom is -0.497 e. The Labute approximate surface area is 205 Å². The van der Waals surface area contributed by atoms with E-state index < -0.39 is 0 Å². The standard InChI is InChI=1S/C30H30N2O3/c1-34-20-16-17-26(35-2)24(18-20)28-27(23-14-8-9-15-25(23)31-28)29-21-12-6-7-13-22(21)30(33)32(29)19-10-4-3-5-11-19/h6-9,12-19,29,31H,3-5,10-11H2,1-2H3/t29-/m0/s1. The molecule has 178 valence electrons. The predicted molar refractivity (Wildman–Crippen MR) is 138 cm³/mol. The number of H-pyrrole nitrogens is 1. The van der Waals surface area contributed by atoms with Crippen molar-refractivity contribution in [3.05, 3.63) is 83.4 Å². The van der Waals surface area contributed by atoms with Gasteiger partial charge in [-0.25, -0.2) is 0 Å². The lowest BCUT2D eigenvalue weighted by Gasteiger charge is -2.36. The van der Waals surface area contributed by atoms with Crippen LogP contribution >= 0.6 is 0 Å². The molecular weight excluding hydrogens is 436 g/mol. The van der Waals surface area contributed by atoms with Crippen molar-refractivity contribution in [2.45, 2.75) is 44.2 Å². The molecule has 4 aromatic rings. The number of aromatic nitrogens is 1. The van der Waals surface area contributed by atoms with Crippen LogP contribution in [-0.4, -0.2) is 36.1 Å². The maximum absolute atomic E-state index is 13.9. The number of nitrogens with one attached hydrogen (secondary N) is 1. The number of hydrogen-bond donors (Lipinski definition) is 1. The number of ether oxygens (including phenoxy) is 2. The van der Waals surface area contributed by atoms with E-state index in [9.17, 15) is 4.79 Å². The van der Waals surface area contributed by atoms with Gasteiger partial charge in [-0.15, -0.1) is 0 Å². The maximum atomic E-state index is 13.9. The number of amides is 1. The summed E-state index contributed by atoms with van der Waals surface area (Å²) < 4.78 is 11.4. The lowest BCUT2D eigenvalue weighted by Crippen LogP contribution is -2.40. The van der Waals surface area contributed by atoms with Crippen molar-refractivity contribution in [2.24, 2.45) is 0 Å². The van der Waals surface area contributed by atoms with Gasteiger partial charge >= 0.3 is 0 Å². The summed E-state index contributed by atoms with van der Waals surface area (Å²) in [6.45, 7) is 0. The molecule has 1 saturated carbocycles. The summed E-state index contributed by atoms with van der Waals surface area (Å²) in [5, 5.41) is 1.13. The molecule has 1 aromatic heterocycles. The number of nitrogens with zero attached hydrogens (tertiary/aromatic N) is 1. The minimum atomic E-state index is -0.163. The lowest BCUT2D eigenvalue weighted by molar-refractivity contribution is 0.0614. The summed E-state index contributed by atoms with van der Waals surface area (Å²) >= 11 is 0. The van der Waals surface area contributed by atoms with E-state index in [-0.39, 0.29) is 18.0 Å². The molecule has 35 heavy (non-hydrogen) atoms. The minimum absolute atomic E-state index is 0.145. The Hall–Kier alpha value is -3.73. The molecule has 6 rings (SSSR count). The molecule has 1 aliphatic carbocycles. The molecule has 1 atom stereocenters. The smallest absolute Gasteiger partial charge is 0.255 e. The van der Waals surface area contributed by atoms with Gasteiger partial charge in [0.05, 0.1) is 26.0 Å². The summed E-state index contributed by atoms with van der Waals surface area (Å²) in [7, 11) is 3.37. The number of fused-ring (bicyclic) bond motifs is 2. The number of para-hydroxylation sites is 1. The van der Waals surface area contributed by atoms with E-state index in [0.29, 0.717) is 0 Å². The Bertz CT molecular complexity index is 1400. The van der Waals surface area contributed by atoms with Gasteiger partial charge in [-0.05, 0) is 48.7 Å². The van der Waals surface area contributed by atoms with Crippen LogP contribution in [0.1, 0.15) is 59.6 Å². The Balaban J connectivity index is 1.64. The van der Waals surface area contributed by atoms with Crippen molar-refractivity contribution in [1.82, 2.24) is 9.88 Å². The summed E-state index contributed by atoms with van der Waals surface area (Å²) in [6.07, 6.45) is 5.69. The first-order chi connectivity index (χ1) is 17.2. The normalized spacial score (nSPS) is 18.2. The van der Waals surface area contributed by atoms with Crippen LogP contribution in [-0.2, 0) is 0 Å². The summed E-state index contributed by atoms with van der Waals surface area (Å²) in [4.78, 5) is 19.7. The van der Waals surface area contributed by atoms with Crippen LogP contribution in [0.3, 0.4) is 0 Å². The third kappa shape index (κ3) is 3.49. The molecule has 1 N–H and O–H groups in total. The molecule has 0 saturated heterocycles. The monoisotopic (exact) mass is 466 g/mol. The highest BCUT2D eigenvalue weighted by Crippen LogP contribution is 2.49. The highest BCUT2D eigenvalue weighted by molar-refractivity contribution is 6.02. The first-order valence-electron chi connectivity index (χ1n) is 12.5. The van der Waals surface area contributed by atoms with Crippen molar-refractivity contribution in [3.63, 3.8) is 0 Å². The Kier molecular flexibility index (Phi) is 5.48.